The van der Waals surface area contributed by atoms with Crippen molar-refractivity contribution in [2.75, 3.05) is 6.61 Å². The molecular weight excluding hydrogens is 228 g/mol. The minimum absolute atomic E-state index is 0.0699. The first-order valence-electron chi connectivity index (χ1n) is 6.36. The zero-order valence-electron chi connectivity index (χ0n) is 10.4. The molecule has 1 aromatic carbocycles. The van der Waals surface area contributed by atoms with Gasteiger partial charge in [-0.1, -0.05) is 31.0 Å². The summed E-state index contributed by atoms with van der Waals surface area (Å²) in [7, 11) is 0. The molecule has 0 amide bonds. The van der Waals surface area contributed by atoms with Gasteiger partial charge in [-0.3, -0.25) is 4.84 Å². The second-order valence-corrected chi connectivity index (χ2v) is 4.40. The van der Waals surface area contributed by atoms with Gasteiger partial charge in [-0.05, 0) is 18.9 Å². The standard InChI is InChI=1S/C14H18N2O2/c15-9-10-17-14-8-4-1-5-12(14)11-16-18-13-6-2-3-7-13/h1,4-5,8,13,16H,2-3,6-7,10-11H2. The van der Waals surface area contributed by atoms with Crippen molar-refractivity contribution in [2.24, 2.45) is 0 Å². The zero-order chi connectivity index (χ0) is 12.6. The fourth-order valence-electron chi connectivity index (χ4n) is 2.14. The van der Waals surface area contributed by atoms with Crippen molar-refractivity contribution in [1.82, 2.24) is 5.48 Å². The normalized spacial score (nSPS) is 15.5. The molecule has 0 spiro atoms. The topological polar surface area (TPSA) is 54.3 Å². The predicted molar refractivity (Wildman–Crippen MR) is 67.7 cm³/mol. The lowest BCUT2D eigenvalue weighted by Gasteiger charge is -2.13. The molecule has 0 unspecified atom stereocenters. The average Bonchev–Trinajstić information content (AvgIpc) is 2.91. The number of hydrogen-bond donors (Lipinski definition) is 1. The van der Waals surface area contributed by atoms with Gasteiger partial charge in [0.1, 0.15) is 11.8 Å². The lowest BCUT2D eigenvalue weighted by molar-refractivity contribution is -0.0246. The molecule has 4 heteroatoms. The van der Waals surface area contributed by atoms with Crippen LogP contribution < -0.4 is 10.2 Å². The van der Waals surface area contributed by atoms with Crippen molar-refractivity contribution < 1.29 is 9.57 Å². The van der Waals surface area contributed by atoms with E-state index in [4.69, 9.17) is 14.8 Å². The number of nitrogens with zero attached hydrogens (tertiary/aromatic N) is 1. The first-order valence-corrected chi connectivity index (χ1v) is 6.36. The highest BCUT2D eigenvalue weighted by molar-refractivity contribution is 5.33. The molecule has 1 N–H and O–H groups in total. The summed E-state index contributed by atoms with van der Waals surface area (Å²) in [4.78, 5) is 5.60. The second-order valence-electron chi connectivity index (χ2n) is 4.40. The number of hydrogen-bond acceptors (Lipinski definition) is 4. The molecule has 0 atom stereocenters. The maximum atomic E-state index is 8.52. The largest absolute Gasteiger partial charge is 0.478 e. The Morgan fingerprint density at radius 3 is 2.83 bits per heavy atom. The lowest BCUT2D eigenvalue weighted by atomic mass is 10.2. The van der Waals surface area contributed by atoms with Gasteiger partial charge in [0, 0.05) is 12.1 Å². The summed E-state index contributed by atoms with van der Waals surface area (Å²) < 4.78 is 5.35. The minimum Gasteiger partial charge on any atom is -0.478 e. The van der Waals surface area contributed by atoms with Crippen LogP contribution in [0.3, 0.4) is 0 Å². The number of benzene rings is 1. The molecular formula is C14H18N2O2. The lowest BCUT2D eigenvalue weighted by Crippen LogP contribution is -2.21. The quantitative estimate of drug-likeness (QED) is 0.784. The fourth-order valence-corrected chi connectivity index (χ4v) is 2.14. The van der Waals surface area contributed by atoms with Crippen LogP contribution in [0.4, 0.5) is 0 Å². The molecule has 0 saturated heterocycles. The molecule has 0 radical (unpaired) electrons. The number of nitriles is 1. The van der Waals surface area contributed by atoms with E-state index in [1.807, 2.05) is 30.3 Å². The summed E-state index contributed by atoms with van der Waals surface area (Å²) in [5, 5.41) is 8.52. The molecule has 1 fully saturated rings. The zero-order valence-corrected chi connectivity index (χ0v) is 10.4. The van der Waals surface area contributed by atoms with E-state index >= 15 is 0 Å². The van der Waals surface area contributed by atoms with Crippen LogP contribution in [0.2, 0.25) is 0 Å². The van der Waals surface area contributed by atoms with E-state index in [0.29, 0.717) is 12.6 Å². The van der Waals surface area contributed by atoms with Gasteiger partial charge in [0.05, 0.1) is 6.10 Å². The van der Waals surface area contributed by atoms with Crippen molar-refractivity contribution in [3.63, 3.8) is 0 Å². The number of hydroxylamine groups is 1. The van der Waals surface area contributed by atoms with E-state index in [-0.39, 0.29) is 6.61 Å². The molecule has 0 aromatic heterocycles. The van der Waals surface area contributed by atoms with Crippen LogP contribution in [-0.4, -0.2) is 12.7 Å². The van der Waals surface area contributed by atoms with Gasteiger partial charge in [0.2, 0.25) is 0 Å². The van der Waals surface area contributed by atoms with E-state index in [1.165, 1.54) is 12.8 Å². The summed E-state index contributed by atoms with van der Waals surface area (Å²) >= 11 is 0. The molecule has 1 aliphatic carbocycles. The van der Waals surface area contributed by atoms with Gasteiger partial charge in [0.15, 0.2) is 6.61 Å². The molecule has 2 rings (SSSR count). The molecule has 1 aromatic rings. The maximum Gasteiger partial charge on any atom is 0.174 e. The second kappa shape index (κ2) is 7.00. The van der Waals surface area contributed by atoms with Gasteiger partial charge in [-0.2, -0.15) is 10.7 Å². The summed E-state index contributed by atoms with van der Waals surface area (Å²) in [6.07, 6.45) is 5.14. The van der Waals surface area contributed by atoms with Gasteiger partial charge in [0.25, 0.3) is 0 Å². The van der Waals surface area contributed by atoms with E-state index in [9.17, 15) is 0 Å². The fraction of sp³-hybridized carbons (Fsp3) is 0.500. The first kappa shape index (κ1) is 12.9. The summed E-state index contributed by atoms with van der Waals surface area (Å²) in [5.74, 6) is 0.738. The highest BCUT2D eigenvalue weighted by Gasteiger charge is 2.15. The third kappa shape index (κ3) is 3.73. The number of nitrogens with one attached hydrogen (secondary N) is 1. The Morgan fingerprint density at radius 1 is 1.28 bits per heavy atom. The molecule has 0 aliphatic heterocycles. The van der Waals surface area contributed by atoms with Crippen LogP contribution in [0.15, 0.2) is 24.3 Å². The van der Waals surface area contributed by atoms with Crippen LogP contribution in [0.1, 0.15) is 31.2 Å². The van der Waals surface area contributed by atoms with Crippen molar-refractivity contribution in [1.29, 1.82) is 5.26 Å². The average molecular weight is 246 g/mol. The highest BCUT2D eigenvalue weighted by atomic mass is 16.7. The number of ether oxygens (including phenoxy) is 1. The highest BCUT2D eigenvalue weighted by Crippen LogP contribution is 2.21. The van der Waals surface area contributed by atoms with Crippen LogP contribution in [0.25, 0.3) is 0 Å². The minimum atomic E-state index is 0.0699. The number of rotatable bonds is 6. The van der Waals surface area contributed by atoms with E-state index in [2.05, 4.69) is 5.48 Å². The van der Waals surface area contributed by atoms with E-state index in [1.54, 1.807) is 0 Å². The van der Waals surface area contributed by atoms with Gasteiger partial charge in [-0.25, -0.2) is 0 Å². The molecule has 4 nitrogen and oxygen atoms in total. The molecule has 0 bridgehead atoms. The molecule has 18 heavy (non-hydrogen) atoms. The van der Waals surface area contributed by atoms with Crippen molar-refractivity contribution in [3.05, 3.63) is 29.8 Å². The summed E-state index contributed by atoms with van der Waals surface area (Å²) in [6.45, 7) is 0.665. The van der Waals surface area contributed by atoms with Crippen molar-refractivity contribution in [2.45, 2.75) is 38.3 Å². The predicted octanol–water partition coefficient (Wildman–Crippen LogP) is 2.55. The molecule has 1 aliphatic rings. The Bertz CT molecular complexity index is 409. The Morgan fingerprint density at radius 2 is 2.06 bits per heavy atom. The summed E-state index contributed by atoms with van der Waals surface area (Å²) in [5.41, 5.74) is 4.00. The Hall–Kier alpha value is -1.57. The first-order chi connectivity index (χ1) is 8.90. The summed E-state index contributed by atoms with van der Waals surface area (Å²) in [6, 6.07) is 9.65. The van der Waals surface area contributed by atoms with Crippen LogP contribution >= 0.6 is 0 Å². The third-order valence-corrected chi connectivity index (χ3v) is 3.08. The monoisotopic (exact) mass is 246 g/mol. The molecule has 96 valence electrons. The number of para-hydroxylation sites is 1. The third-order valence-electron chi connectivity index (χ3n) is 3.08. The SMILES string of the molecule is N#CCOc1ccccc1CNOC1CCCC1. The van der Waals surface area contributed by atoms with Crippen molar-refractivity contribution in [3.8, 4) is 11.8 Å². The smallest absolute Gasteiger partial charge is 0.174 e. The van der Waals surface area contributed by atoms with Gasteiger partial charge < -0.3 is 4.74 Å². The van der Waals surface area contributed by atoms with Crippen LogP contribution in [-0.2, 0) is 11.4 Å². The Kier molecular flexibility index (Phi) is 5.00. The molecule has 0 heterocycles. The van der Waals surface area contributed by atoms with Gasteiger partial charge >= 0.3 is 0 Å². The van der Waals surface area contributed by atoms with E-state index < -0.39 is 0 Å². The Balaban J connectivity index is 1.82. The van der Waals surface area contributed by atoms with Crippen LogP contribution in [0, 0.1) is 11.3 Å². The van der Waals surface area contributed by atoms with Crippen LogP contribution in [0.5, 0.6) is 5.75 Å². The van der Waals surface area contributed by atoms with Gasteiger partial charge in [-0.15, -0.1) is 0 Å². The van der Waals surface area contributed by atoms with E-state index in [0.717, 1.165) is 24.2 Å². The molecule has 1 saturated carbocycles. The maximum absolute atomic E-state index is 8.52. The van der Waals surface area contributed by atoms with Crippen molar-refractivity contribution >= 4 is 0 Å². The Labute approximate surface area is 107 Å².